The Labute approximate surface area is 337 Å². The maximum absolute atomic E-state index is 5.40. The van der Waals surface area contributed by atoms with Crippen molar-refractivity contribution in [2.24, 2.45) is 0 Å². The molecule has 1 aromatic heterocycles. The van der Waals surface area contributed by atoms with Gasteiger partial charge in [0.15, 0.2) is 0 Å². The summed E-state index contributed by atoms with van der Waals surface area (Å²) in [5.74, 6) is 0.957. The quantitative estimate of drug-likeness (QED) is 0.164. The van der Waals surface area contributed by atoms with Gasteiger partial charge in [-0.2, -0.15) is 0 Å². The lowest BCUT2D eigenvalue weighted by Gasteiger charge is -2.24. The minimum Gasteiger partial charge on any atom is -0.292 e. The Morgan fingerprint density at radius 3 is 1.64 bits per heavy atom. The Hall–Kier alpha value is -7.29. The van der Waals surface area contributed by atoms with Gasteiger partial charge in [0.1, 0.15) is 5.82 Å². The molecule has 0 amide bonds. The Balaban J connectivity index is 1.22. The highest BCUT2D eigenvalue weighted by Crippen LogP contribution is 2.56. The molecule has 272 valence electrons. The van der Waals surface area contributed by atoms with E-state index in [9.17, 15) is 0 Å². The number of hydrogen-bond donors (Lipinski definition) is 0. The van der Waals surface area contributed by atoms with E-state index in [1.165, 1.54) is 87.6 Å². The summed E-state index contributed by atoms with van der Waals surface area (Å²) in [6.45, 7) is 4.79. The minimum atomic E-state index is -0.256. The van der Waals surface area contributed by atoms with Gasteiger partial charge in [-0.3, -0.25) is 4.57 Å². The molecule has 12 rings (SSSR count). The summed E-state index contributed by atoms with van der Waals surface area (Å²) in [4.78, 5) is 5.40. The van der Waals surface area contributed by atoms with Crippen molar-refractivity contribution in [1.82, 2.24) is 9.55 Å². The van der Waals surface area contributed by atoms with Crippen LogP contribution in [0.5, 0.6) is 0 Å². The Morgan fingerprint density at radius 1 is 0.397 bits per heavy atom. The summed E-state index contributed by atoms with van der Waals surface area (Å²) in [5.41, 5.74) is 14.3. The van der Waals surface area contributed by atoms with Crippen LogP contribution < -0.4 is 0 Å². The molecule has 0 N–H and O–H groups in total. The van der Waals surface area contributed by atoms with Gasteiger partial charge in [-0.1, -0.05) is 159 Å². The van der Waals surface area contributed by atoms with E-state index in [1.807, 2.05) is 0 Å². The molecule has 11 aromatic rings. The van der Waals surface area contributed by atoms with Crippen LogP contribution in [0.1, 0.15) is 25.0 Å². The second kappa shape index (κ2) is 12.4. The first-order valence-corrected chi connectivity index (χ1v) is 20.2. The maximum atomic E-state index is 5.40. The molecule has 0 saturated carbocycles. The Morgan fingerprint density at radius 2 is 0.966 bits per heavy atom. The zero-order valence-corrected chi connectivity index (χ0v) is 32.4. The van der Waals surface area contributed by atoms with Gasteiger partial charge in [-0.05, 0) is 136 Å². The van der Waals surface area contributed by atoms with Gasteiger partial charge >= 0.3 is 0 Å². The highest BCUT2D eigenvalue weighted by atomic mass is 15.1. The van der Waals surface area contributed by atoms with Crippen molar-refractivity contribution in [2.45, 2.75) is 19.3 Å². The zero-order valence-electron chi connectivity index (χ0n) is 32.4. The van der Waals surface area contributed by atoms with Gasteiger partial charge in [0.25, 0.3) is 0 Å². The van der Waals surface area contributed by atoms with Gasteiger partial charge in [0.05, 0.1) is 11.0 Å². The molecule has 0 radical (unpaired) electrons. The van der Waals surface area contributed by atoms with Crippen molar-refractivity contribution >= 4 is 54.1 Å². The number of imidazole rings is 1. The normalized spacial score (nSPS) is 13.1. The lowest BCUT2D eigenvalue weighted by Crippen LogP contribution is -2.15. The van der Waals surface area contributed by atoms with Crippen molar-refractivity contribution in [2.75, 3.05) is 0 Å². The topological polar surface area (TPSA) is 17.8 Å². The molecular formula is C56H38N2. The van der Waals surface area contributed by atoms with Crippen LogP contribution in [0.3, 0.4) is 0 Å². The minimum absolute atomic E-state index is 0.256. The number of fused-ring (bicyclic) bond motifs is 8. The fraction of sp³-hybridized carbons (Fsp3) is 0.0536. The summed E-state index contributed by atoms with van der Waals surface area (Å²) in [5, 5.41) is 10.0. The predicted octanol–water partition coefficient (Wildman–Crippen LogP) is 14.9. The molecule has 0 fully saturated rings. The first-order valence-electron chi connectivity index (χ1n) is 20.2. The molecule has 1 aliphatic rings. The summed E-state index contributed by atoms with van der Waals surface area (Å²) in [6, 6.07) is 71.5. The fourth-order valence-electron chi connectivity index (χ4n) is 10.00. The van der Waals surface area contributed by atoms with E-state index < -0.39 is 0 Å². The maximum Gasteiger partial charge on any atom is 0.146 e. The van der Waals surface area contributed by atoms with Crippen LogP contribution in [0, 0.1) is 0 Å². The molecule has 58 heavy (non-hydrogen) atoms. The van der Waals surface area contributed by atoms with Gasteiger partial charge in [-0.25, -0.2) is 4.98 Å². The number of benzene rings is 10. The molecule has 0 aliphatic heterocycles. The molecule has 2 heteroatoms. The van der Waals surface area contributed by atoms with E-state index in [2.05, 4.69) is 213 Å². The summed E-state index contributed by atoms with van der Waals surface area (Å²) in [7, 11) is 0. The average molecular weight is 739 g/mol. The van der Waals surface area contributed by atoms with Crippen molar-refractivity contribution in [1.29, 1.82) is 0 Å². The SMILES string of the molecule is CC1(C)c2cc3c(-c4ccc5ccccc5c4)c4ccccc4c(-c4ccc5ccccc5c4)c3cc2-c2c(-c3nc4ccccc4n3-c3ccccc3)cccc21. The monoisotopic (exact) mass is 738 g/mol. The zero-order chi connectivity index (χ0) is 38.5. The molecule has 0 bridgehead atoms. The van der Waals surface area contributed by atoms with E-state index in [-0.39, 0.29) is 5.41 Å². The Kier molecular flexibility index (Phi) is 7.01. The van der Waals surface area contributed by atoms with Crippen LogP contribution in [-0.2, 0) is 5.41 Å². The number of nitrogens with zero attached hydrogens (tertiary/aromatic N) is 2. The van der Waals surface area contributed by atoms with Crippen LogP contribution in [0.4, 0.5) is 0 Å². The third-order valence-electron chi connectivity index (χ3n) is 12.7. The third kappa shape index (κ3) is 4.75. The molecule has 1 heterocycles. The molecule has 10 aromatic carbocycles. The van der Waals surface area contributed by atoms with Gasteiger partial charge in [0, 0.05) is 16.7 Å². The van der Waals surface area contributed by atoms with E-state index >= 15 is 0 Å². The van der Waals surface area contributed by atoms with Gasteiger partial charge < -0.3 is 0 Å². The average Bonchev–Trinajstić information content (AvgIpc) is 3.77. The van der Waals surface area contributed by atoms with Gasteiger partial charge in [0.2, 0.25) is 0 Å². The Bertz CT molecular complexity index is 3480. The van der Waals surface area contributed by atoms with Crippen LogP contribution in [0.2, 0.25) is 0 Å². The smallest absolute Gasteiger partial charge is 0.146 e. The largest absolute Gasteiger partial charge is 0.292 e. The summed E-state index contributed by atoms with van der Waals surface area (Å²) < 4.78 is 2.34. The summed E-state index contributed by atoms with van der Waals surface area (Å²) >= 11 is 0. The molecule has 0 atom stereocenters. The molecule has 2 nitrogen and oxygen atoms in total. The van der Waals surface area contributed by atoms with E-state index in [0.717, 1.165) is 28.1 Å². The molecule has 0 unspecified atom stereocenters. The van der Waals surface area contributed by atoms with Crippen molar-refractivity contribution < 1.29 is 0 Å². The van der Waals surface area contributed by atoms with Crippen LogP contribution in [-0.4, -0.2) is 9.55 Å². The number of para-hydroxylation sites is 3. The van der Waals surface area contributed by atoms with E-state index in [0.29, 0.717) is 0 Å². The lowest BCUT2D eigenvalue weighted by molar-refractivity contribution is 0.661. The second-order valence-electron chi connectivity index (χ2n) is 16.3. The lowest BCUT2D eigenvalue weighted by atomic mass is 9.79. The predicted molar refractivity (Wildman–Crippen MR) is 245 cm³/mol. The van der Waals surface area contributed by atoms with Crippen molar-refractivity contribution in [3.63, 3.8) is 0 Å². The fourth-order valence-corrected chi connectivity index (χ4v) is 10.00. The second-order valence-corrected chi connectivity index (χ2v) is 16.3. The molecule has 0 spiro atoms. The highest BCUT2D eigenvalue weighted by molar-refractivity contribution is 6.23. The first kappa shape index (κ1) is 32.9. The number of aromatic nitrogens is 2. The first-order chi connectivity index (χ1) is 28.5. The van der Waals surface area contributed by atoms with Crippen LogP contribution in [0.15, 0.2) is 194 Å². The van der Waals surface area contributed by atoms with Gasteiger partial charge in [-0.15, -0.1) is 0 Å². The standard InChI is InChI=1S/C56H38N2/c1-56(2)48-24-14-23-44(55-57-50-25-12-13-26-51(50)58(55)41-19-4-3-5-20-41)54(48)47-33-45-46(34-49(47)56)53(40-30-28-36-16-7-9-18-38(36)32-40)43-22-11-10-21-42(43)52(45)39-29-27-35-15-6-8-17-37(35)31-39/h3-34H,1-2H3. The van der Waals surface area contributed by atoms with Crippen molar-refractivity contribution in [3.8, 4) is 50.5 Å². The van der Waals surface area contributed by atoms with Crippen molar-refractivity contribution in [3.05, 3.63) is 205 Å². The highest BCUT2D eigenvalue weighted by Gasteiger charge is 2.39. The van der Waals surface area contributed by atoms with E-state index in [1.54, 1.807) is 0 Å². The van der Waals surface area contributed by atoms with Crippen LogP contribution >= 0.6 is 0 Å². The number of rotatable bonds is 4. The van der Waals surface area contributed by atoms with Crippen LogP contribution in [0.25, 0.3) is 105 Å². The number of hydrogen-bond acceptors (Lipinski definition) is 1. The third-order valence-corrected chi connectivity index (χ3v) is 12.7. The molecule has 1 aliphatic carbocycles. The molecular weight excluding hydrogens is 701 g/mol. The summed E-state index contributed by atoms with van der Waals surface area (Å²) in [6.07, 6.45) is 0. The van der Waals surface area contributed by atoms with E-state index in [4.69, 9.17) is 4.98 Å². The molecule has 0 saturated heterocycles.